The lowest BCUT2D eigenvalue weighted by atomic mass is 10.5. The third kappa shape index (κ3) is 1.59. The van der Waals surface area contributed by atoms with Gasteiger partial charge in [-0.3, -0.25) is 9.25 Å². The Balaban J connectivity index is 2.50. The van der Waals surface area contributed by atoms with E-state index >= 15 is 0 Å². The first-order chi connectivity index (χ1) is 7.09. The van der Waals surface area contributed by atoms with Crippen molar-refractivity contribution >= 4 is 17.6 Å². The van der Waals surface area contributed by atoms with Crippen molar-refractivity contribution in [2.75, 3.05) is 0 Å². The highest BCUT2D eigenvalue weighted by Gasteiger charge is 2.12. The van der Waals surface area contributed by atoms with Gasteiger partial charge in [0.15, 0.2) is 11.5 Å². The van der Waals surface area contributed by atoms with E-state index in [1.807, 2.05) is 0 Å². The van der Waals surface area contributed by atoms with Crippen LogP contribution in [0.25, 0.3) is 5.82 Å². The van der Waals surface area contributed by atoms with Gasteiger partial charge < -0.3 is 5.11 Å². The molecule has 0 spiro atoms. The molecule has 0 aliphatic rings. The molecule has 0 aliphatic heterocycles. The van der Waals surface area contributed by atoms with E-state index in [-0.39, 0.29) is 5.69 Å². The fourth-order valence-corrected chi connectivity index (χ4v) is 1.51. The van der Waals surface area contributed by atoms with Gasteiger partial charge in [-0.2, -0.15) is 5.10 Å². The fraction of sp³-hybridized carbons (Fsp3) is 0.125. The first-order valence-electron chi connectivity index (χ1n) is 4.04. The maximum atomic E-state index is 10.6. The predicted octanol–water partition coefficient (Wildman–Crippen LogP) is 0.957. The Kier molecular flexibility index (Phi) is 2.20. The minimum atomic E-state index is -1.08. The molecule has 0 atom stereocenters. The molecule has 7 heteroatoms. The van der Waals surface area contributed by atoms with Gasteiger partial charge in [0.05, 0.1) is 6.20 Å². The largest absolute Gasteiger partial charge is 0.476 e. The maximum absolute atomic E-state index is 10.6. The molecule has 0 saturated carbocycles. The Hall–Kier alpha value is -1.82. The standard InChI is InChI=1S/C8H7ClN4O2/c1-12-7(5(9)2-11-12)13-3-6(8(14)15)10-4-13/h2-4H,1H3,(H,14,15). The molecular weight excluding hydrogens is 220 g/mol. The highest BCUT2D eigenvalue weighted by molar-refractivity contribution is 6.32. The number of aryl methyl sites for hydroxylation is 1. The summed E-state index contributed by atoms with van der Waals surface area (Å²) in [5, 5.41) is 13.1. The normalized spacial score (nSPS) is 10.5. The summed E-state index contributed by atoms with van der Waals surface area (Å²) < 4.78 is 3.05. The Labute approximate surface area is 89.7 Å². The van der Waals surface area contributed by atoms with Crippen molar-refractivity contribution in [3.8, 4) is 5.82 Å². The number of carboxylic acids is 1. The summed E-state index contributed by atoms with van der Waals surface area (Å²) in [4.78, 5) is 14.3. The number of aromatic nitrogens is 4. The van der Waals surface area contributed by atoms with Crippen LogP contribution in [0.5, 0.6) is 0 Å². The van der Waals surface area contributed by atoms with Gasteiger partial charge in [-0.15, -0.1) is 0 Å². The molecule has 0 aromatic carbocycles. The Morgan fingerprint density at radius 2 is 2.33 bits per heavy atom. The van der Waals surface area contributed by atoms with E-state index in [1.165, 1.54) is 28.0 Å². The predicted molar refractivity (Wildman–Crippen MR) is 52.3 cm³/mol. The second-order valence-electron chi connectivity index (χ2n) is 2.91. The summed E-state index contributed by atoms with van der Waals surface area (Å²) in [7, 11) is 1.71. The van der Waals surface area contributed by atoms with E-state index < -0.39 is 5.97 Å². The molecular formula is C8H7ClN4O2. The van der Waals surface area contributed by atoms with Gasteiger partial charge in [0.2, 0.25) is 0 Å². The molecule has 0 bridgehead atoms. The topological polar surface area (TPSA) is 72.9 Å². The zero-order valence-electron chi connectivity index (χ0n) is 7.75. The van der Waals surface area contributed by atoms with Crippen LogP contribution in [0, 0.1) is 0 Å². The zero-order chi connectivity index (χ0) is 11.0. The van der Waals surface area contributed by atoms with Crippen molar-refractivity contribution in [3.63, 3.8) is 0 Å². The average Bonchev–Trinajstić information content (AvgIpc) is 2.73. The lowest BCUT2D eigenvalue weighted by Gasteiger charge is -2.01. The van der Waals surface area contributed by atoms with Gasteiger partial charge in [0.25, 0.3) is 0 Å². The zero-order valence-corrected chi connectivity index (χ0v) is 8.51. The van der Waals surface area contributed by atoms with Crippen molar-refractivity contribution in [1.29, 1.82) is 0 Å². The highest BCUT2D eigenvalue weighted by Crippen LogP contribution is 2.18. The van der Waals surface area contributed by atoms with Crippen LogP contribution in [-0.4, -0.2) is 30.4 Å². The number of carbonyl (C=O) groups is 1. The van der Waals surface area contributed by atoms with Crippen molar-refractivity contribution in [3.05, 3.63) is 29.4 Å². The molecule has 78 valence electrons. The molecule has 6 nitrogen and oxygen atoms in total. The van der Waals surface area contributed by atoms with Crippen LogP contribution >= 0.6 is 11.6 Å². The van der Waals surface area contributed by atoms with Crippen LogP contribution in [-0.2, 0) is 7.05 Å². The molecule has 2 aromatic rings. The molecule has 0 radical (unpaired) electrons. The van der Waals surface area contributed by atoms with Gasteiger partial charge in [0, 0.05) is 13.2 Å². The number of aromatic carboxylic acids is 1. The number of carboxylic acid groups (broad SMARTS) is 1. The van der Waals surface area contributed by atoms with E-state index in [4.69, 9.17) is 16.7 Å². The summed E-state index contributed by atoms with van der Waals surface area (Å²) in [6.07, 6.45) is 4.24. The number of halogens is 1. The molecule has 2 heterocycles. The first-order valence-corrected chi connectivity index (χ1v) is 4.42. The summed E-state index contributed by atoms with van der Waals surface area (Å²) in [6, 6.07) is 0. The Bertz CT molecular complexity index is 497. The smallest absolute Gasteiger partial charge is 0.356 e. The number of imidazole rings is 1. The molecule has 0 amide bonds. The maximum Gasteiger partial charge on any atom is 0.356 e. The van der Waals surface area contributed by atoms with Crippen molar-refractivity contribution in [1.82, 2.24) is 19.3 Å². The highest BCUT2D eigenvalue weighted by atomic mass is 35.5. The number of hydrogen-bond acceptors (Lipinski definition) is 3. The fourth-order valence-electron chi connectivity index (χ4n) is 1.24. The lowest BCUT2D eigenvalue weighted by molar-refractivity contribution is 0.0691. The van der Waals surface area contributed by atoms with Crippen LogP contribution in [0.4, 0.5) is 0 Å². The first kappa shape index (κ1) is 9.72. The number of rotatable bonds is 2. The summed E-state index contributed by atoms with van der Waals surface area (Å²) >= 11 is 5.89. The summed E-state index contributed by atoms with van der Waals surface area (Å²) in [5.41, 5.74) is -0.0349. The van der Waals surface area contributed by atoms with Gasteiger partial charge in [0.1, 0.15) is 11.3 Å². The van der Waals surface area contributed by atoms with Crippen molar-refractivity contribution in [2.24, 2.45) is 7.05 Å². The third-order valence-corrected chi connectivity index (χ3v) is 2.18. The van der Waals surface area contributed by atoms with E-state index in [0.29, 0.717) is 10.8 Å². The van der Waals surface area contributed by atoms with Crippen molar-refractivity contribution < 1.29 is 9.90 Å². The quantitative estimate of drug-likeness (QED) is 0.828. The van der Waals surface area contributed by atoms with Crippen LogP contribution in [0.2, 0.25) is 5.02 Å². The molecule has 15 heavy (non-hydrogen) atoms. The van der Waals surface area contributed by atoms with Gasteiger partial charge >= 0.3 is 5.97 Å². The lowest BCUT2D eigenvalue weighted by Crippen LogP contribution is -2.01. The van der Waals surface area contributed by atoms with Crippen LogP contribution in [0.3, 0.4) is 0 Å². The molecule has 0 unspecified atom stereocenters. The van der Waals surface area contributed by atoms with Crippen LogP contribution < -0.4 is 0 Å². The minimum absolute atomic E-state index is 0.0349. The Morgan fingerprint density at radius 3 is 2.80 bits per heavy atom. The number of nitrogens with zero attached hydrogens (tertiary/aromatic N) is 4. The monoisotopic (exact) mass is 226 g/mol. The van der Waals surface area contributed by atoms with Crippen LogP contribution in [0.1, 0.15) is 10.5 Å². The van der Waals surface area contributed by atoms with E-state index in [9.17, 15) is 4.79 Å². The van der Waals surface area contributed by atoms with Gasteiger partial charge in [-0.1, -0.05) is 11.6 Å². The average molecular weight is 227 g/mol. The minimum Gasteiger partial charge on any atom is -0.476 e. The molecule has 0 saturated heterocycles. The molecule has 0 fully saturated rings. The Morgan fingerprint density at radius 1 is 1.60 bits per heavy atom. The number of hydrogen-bond donors (Lipinski definition) is 1. The van der Waals surface area contributed by atoms with E-state index in [2.05, 4.69) is 10.1 Å². The molecule has 2 rings (SSSR count). The van der Waals surface area contributed by atoms with Gasteiger partial charge in [-0.05, 0) is 0 Å². The van der Waals surface area contributed by atoms with Gasteiger partial charge in [-0.25, -0.2) is 9.78 Å². The van der Waals surface area contributed by atoms with Crippen LogP contribution in [0.15, 0.2) is 18.7 Å². The molecule has 0 aliphatic carbocycles. The van der Waals surface area contributed by atoms with Crippen molar-refractivity contribution in [2.45, 2.75) is 0 Å². The summed E-state index contributed by atoms with van der Waals surface area (Å²) in [5.74, 6) is -0.497. The summed E-state index contributed by atoms with van der Waals surface area (Å²) in [6.45, 7) is 0. The second-order valence-corrected chi connectivity index (χ2v) is 3.32. The van der Waals surface area contributed by atoms with E-state index in [1.54, 1.807) is 7.05 Å². The van der Waals surface area contributed by atoms with E-state index in [0.717, 1.165) is 0 Å². The molecule has 2 aromatic heterocycles. The second kappa shape index (κ2) is 3.39. The third-order valence-electron chi connectivity index (χ3n) is 1.91. The molecule has 1 N–H and O–H groups in total. The SMILES string of the molecule is Cn1ncc(Cl)c1-n1cnc(C(=O)O)c1.